The van der Waals surface area contributed by atoms with Gasteiger partial charge in [-0.25, -0.2) is 0 Å². The van der Waals surface area contributed by atoms with Crippen molar-refractivity contribution in [1.29, 1.82) is 0 Å². The Morgan fingerprint density at radius 2 is 2.28 bits per heavy atom. The van der Waals surface area contributed by atoms with Crippen LogP contribution in [0.4, 0.5) is 11.4 Å². The lowest BCUT2D eigenvalue weighted by Crippen LogP contribution is -2.34. The Morgan fingerprint density at radius 3 is 2.94 bits per heavy atom. The molecule has 0 bridgehead atoms. The minimum atomic E-state index is -0.228. The predicted molar refractivity (Wildman–Crippen MR) is 71.6 cm³/mol. The Kier molecular flexibility index (Phi) is 3.46. The third-order valence-electron chi connectivity index (χ3n) is 3.05. The van der Waals surface area contributed by atoms with E-state index in [9.17, 15) is 9.59 Å². The molecule has 1 N–H and O–H groups in total. The highest BCUT2D eigenvalue weighted by molar-refractivity contribution is 6.00. The maximum atomic E-state index is 11.7. The van der Waals surface area contributed by atoms with E-state index in [-0.39, 0.29) is 11.8 Å². The number of fused-ring (bicyclic) bond motifs is 1. The van der Waals surface area contributed by atoms with E-state index in [2.05, 4.69) is 11.9 Å². The van der Waals surface area contributed by atoms with Gasteiger partial charge < -0.3 is 10.2 Å². The van der Waals surface area contributed by atoms with Gasteiger partial charge in [-0.1, -0.05) is 6.58 Å². The summed E-state index contributed by atoms with van der Waals surface area (Å²) >= 11 is 0. The summed E-state index contributed by atoms with van der Waals surface area (Å²) in [6, 6.07) is 5.61. The first-order valence-electron chi connectivity index (χ1n) is 6.02. The summed E-state index contributed by atoms with van der Waals surface area (Å²) in [4.78, 5) is 24.7. The lowest BCUT2D eigenvalue weighted by atomic mass is 10.0. The summed E-state index contributed by atoms with van der Waals surface area (Å²) in [7, 11) is 0. The van der Waals surface area contributed by atoms with E-state index in [1.165, 1.54) is 6.08 Å². The van der Waals surface area contributed by atoms with Crippen LogP contribution in [0.1, 0.15) is 18.9 Å². The van der Waals surface area contributed by atoms with Crippen LogP contribution in [0.2, 0.25) is 0 Å². The minimum Gasteiger partial charge on any atom is -0.323 e. The highest BCUT2D eigenvalue weighted by atomic mass is 16.2. The van der Waals surface area contributed by atoms with E-state index >= 15 is 0 Å². The quantitative estimate of drug-likeness (QED) is 0.828. The second kappa shape index (κ2) is 5.04. The topological polar surface area (TPSA) is 49.4 Å². The summed E-state index contributed by atoms with van der Waals surface area (Å²) in [6.45, 7) is 6.04. The first-order chi connectivity index (χ1) is 8.65. The number of nitrogens with zero attached hydrogens (tertiary/aromatic N) is 1. The van der Waals surface area contributed by atoms with Crippen molar-refractivity contribution < 1.29 is 9.59 Å². The summed E-state index contributed by atoms with van der Waals surface area (Å²) in [5.41, 5.74) is 2.78. The zero-order valence-electron chi connectivity index (χ0n) is 10.4. The number of anilines is 2. The number of hydrogen-bond acceptors (Lipinski definition) is 2. The van der Waals surface area contributed by atoms with Gasteiger partial charge in [0.15, 0.2) is 0 Å². The molecular formula is C14H16N2O2. The lowest BCUT2D eigenvalue weighted by molar-refractivity contribution is -0.118. The Labute approximate surface area is 106 Å². The summed E-state index contributed by atoms with van der Waals surface area (Å²) in [5, 5.41) is 2.73. The fraction of sp³-hybridized carbons (Fsp3) is 0.286. The van der Waals surface area contributed by atoms with E-state index in [0.717, 1.165) is 23.4 Å². The van der Waals surface area contributed by atoms with E-state index < -0.39 is 0 Å². The van der Waals surface area contributed by atoms with Crippen LogP contribution in [0.3, 0.4) is 0 Å². The fourth-order valence-corrected chi connectivity index (χ4v) is 2.18. The van der Waals surface area contributed by atoms with E-state index in [4.69, 9.17) is 0 Å². The van der Waals surface area contributed by atoms with Crippen molar-refractivity contribution in [2.75, 3.05) is 16.8 Å². The molecule has 2 rings (SSSR count). The highest BCUT2D eigenvalue weighted by Crippen LogP contribution is 2.30. The molecule has 0 aromatic heterocycles. The van der Waals surface area contributed by atoms with Crippen LogP contribution >= 0.6 is 0 Å². The molecule has 4 heteroatoms. The van der Waals surface area contributed by atoms with Gasteiger partial charge in [-0.2, -0.15) is 0 Å². The van der Waals surface area contributed by atoms with Gasteiger partial charge >= 0.3 is 0 Å². The number of hydrogen-bond donors (Lipinski definition) is 1. The summed E-state index contributed by atoms with van der Waals surface area (Å²) in [5.74, 6) is -0.0675. The molecule has 0 radical (unpaired) electrons. The molecule has 0 atom stereocenters. The van der Waals surface area contributed by atoms with Gasteiger partial charge in [0.25, 0.3) is 0 Å². The molecule has 1 aromatic rings. The molecular weight excluding hydrogens is 228 g/mol. The van der Waals surface area contributed by atoms with E-state index in [1.807, 2.05) is 25.1 Å². The van der Waals surface area contributed by atoms with Crippen LogP contribution in [-0.2, 0) is 16.0 Å². The smallest absolute Gasteiger partial charge is 0.247 e. The maximum absolute atomic E-state index is 11.7. The van der Waals surface area contributed by atoms with Crippen molar-refractivity contribution in [3.05, 3.63) is 36.4 Å². The average molecular weight is 244 g/mol. The van der Waals surface area contributed by atoms with Crippen LogP contribution in [0.25, 0.3) is 0 Å². The number of carbonyl (C=O) groups excluding carboxylic acids is 2. The molecule has 4 nitrogen and oxygen atoms in total. The summed E-state index contributed by atoms with van der Waals surface area (Å²) in [6.07, 6.45) is 2.49. The maximum Gasteiger partial charge on any atom is 0.247 e. The molecule has 18 heavy (non-hydrogen) atoms. The zero-order valence-corrected chi connectivity index (χ0v) is 10.4. The molecule has 1 aromatic carbocycles. The number of benzene rings is 1. The van der Waals surface area contributed by atoms with Crippen molar-refractivity contribution in [3.63, 3.8) is 0 Å². The monoisotopic (exact) mass is 244 g/mol. The van der Waals surface area contributed by atoms with Crippen LogP contribution in [0.5, 0.6) is 0 Å². The molecule has 0 saturated heterocycles. The first-order valence-corrected chi connectivity index (χ1v) is 6.02. The van der Waals surface area contributed by atoms with Crippen molar-refractivity contribution in [3.8, 4) is 0 Å². The Hall–Kier alpha value is -2.10. The van der Waals surface area contributed by atoms with E-state index in [1.54, 1.807) is 4.90 Å². The molecule has 1 aliphatic heterocycles. The highest BCUT2D eigenvalue weighted by Gasteiger charge is 2.22. The number of nitrogens with one attached hydrogen (secondary N) is 1. The van der Waals surface area contributed by atoms with Gasteiger partial charge in [0.2, 0.25) is 11.8 Å². The molecule has 0 spiro atoms. The lowest BCUT2D eigenvalue weighted by Gasteiger charge is -2.28. The van der Waals surface area contributed by atoms with Crippen LogP contribution < -0.4 is 10.2 Å². The molecule has 0 unspecified atom stereocenters. The molecule has 1 heterocycles. The Bertz CT molecular complexity index is 509. The Balaban J connectivity index is 2.30. The standard InChI is InChI=1S/C14H16N2O2/c1-3-13(17)15-11-6-7-12-10(9-11)5-8-14(18)16(12)4-2/h3,6-7,9H,1,4-5,8H2,2H3,(H,15,17). The van der Waals surface area contributed by atoms with Gasteiger partial charge in [-0.15, -0.1) is 0 Å². The molecule has 94 valence electrons. The van der Waals surface area contributed by atoms with Gasteiger partial charge in [-0.3, -0.25) is 9.59 Å². The van der Waals surface area contributed by atoms with Crippen molar-refractivity contribution >= 4 is 23.2 Å². The van der Waals surface area contributed by atoms with E-state index in [0.29, 0.717) is 13.0 Å². The molecule has 1 aliphatic rings. The van der Waals surface area contributed by atoms with Crippen molar-refractivity contribution in [2.45, 2.75) is 19.8 Å². The number of aryl methyl sites for hydroxylation is 1. The van der Waals surface area contributed by atoms with Crippen LogP contribution in [-0.4, -0.2) is 18.4 Å². The van der Waals surface area contributed by atoms with Gasteiger partial charge in [-0.05, 0) is 43.2 Å². The molecule has 0 fully saturated rings. The average Bonchev–Trinajstić information content (AvgIpc) is 2.38. The van der Waals surface area contributed by atoms with Gasteiger partial charge in [0.05, 0.1) is 0 Å². The minimum absolute atomic E-state index is 0.160. The van der Waals surface area contributed by atoms with Crippen molar-refractivity contribution in [1.82, 2.24) is 0 Å². The molecule has 2 amide bonds. The third-order valence-corrected chi connectivity index (χ3v) is 3.05. The zero-order chi connectivity index (χ0) is 13.1. The third kappa shape index (κ3) is 2.27. The van der Waals surface area contributed by atoms with Gasteiger partial charge in [0.1, 0.15) is 0 Å². The van der Waals surface area contributed by atoms with Crippen LogP contribution in [0, 0.1) is 0 Å². The first kappa shape index (κ1) is 12.4. The molecule has 0 saturated carbocycles. The number of amides is 2. The second-order valence-corrected chi connectivity index (χ2v) is 4.17. The SMILES string of the molecule is C=CC(=O)Nc1ccc2c(c1)CCC(=O)N2CC. The van der Waals surface area contributed by atoms with Gasteiger partial charge in [0, 0.05) is 24.3 Å². The summed E-state index contributed by atoms with van der Waals surface area (Å²) < 4.78 is 0. The number of carbonyl (C=O) groups is 2. The predicted octanol–water partition coefficient (Wildman–Crippen LogP) is 2.11. The van der Waals surface area contributed by atoms with Crippen LogP contribution in [0.15, 0.2) is 30.9 Å². The van der Waals surface area contributed by atoms with Crippen molar-refractivity contribution in [2.24, 2.45) is 0 Å². The molecule has 0 aliphatic carbocycles. The Morgan fingerprint density at radius 1 is 1.50 bits per heavy atom. The number of rotatable bonds is 3. The normalized spacial score (nSPS) is 14.1. The largest absolute Gasteiger partial charge is 0.323 e. The second-order valence-electron chi connectivity index (χ2n) is 4.17. The fourth-order valence-electron chi connectivity index (χ4n) is 2.18.